The third kappa shape index (κ3) is 2.54. The van der Waals surface area contributed by atoms with Crippen molar-refractivity contribution in [3.05, 3.63) is 48.4 Å². The van der Waals surface area contributed by atoms with Gasteiger partial charge in [0.25, 0.3) is 0 Å². The lowest BCUT2D eigenvalue weighted by Crippen LogP contribution is -2.09. The number of carbonyl (C=O) groups excluding carboxylic acids is 1. The third-order valence-corrected chi connectivity index (χ3v) is 3.22. The second-order valence-electron chi connectivity index (χ2n) is 3.47. The van der Waals surface area contributed by atoms with Crippen LogP contribution >= 0.6 is 11.3 Å². The van der Waals surface area contributed by atoms with Crippen molar-refractivity contribution in [3.63, 3.8) is 0 Å². The van der Waals surface area contributed by atoms with Gasteiger partial charge in [-0.3, -0.25) is 4.79 Å². The zero-order chi connectivity index (χ0) is 12.3. The minimum Gasteiger partial charge on any atom is -0.397 e. The molecule has 0 bridgehead atoms. The maximum absolute atomic E-state index is 11.2. The van der Waals surface area contributed by atoms with Crippen molar-refractivity contribution in [2.24, 2.45) is 0 Å². The van der Waals surface area contributed by atoms with Gasteiger partial charge in [-0.1, -0.05) is 18.7 Å². The first-order valence-electron chi connectivity index (χ1n) is 5.07. The van der Waals surface area contributed by atoms with E-state index in [4.69, 9.17) is 5.73 Å². The molecule has 0 atom stereocenters. The number of anilines is 2. The van der Waals surface area contributed by atoms with Crippen molar-refractivity contribution in [2.45, 2.75) is 0 Å². The molecule has 4 heteroatoms. The summed E-state index contributed by atoms with van der Waals surface area (Å²) in [5, 5.41) is 4.69. The van der Waals surface area contributed by atoms with Gasteiger partial charge in [-0.2, -0.15) is 0 Å². The molecule has 0 aliphatic rings. The minimum absolute atomic E-state index is 0.264. The molecule has 0 saturated carbocycles. The maximum atomic E-state index is 11.2. The van der Waals surface area contributed by atoms with Crippen LogP contribution in [0.3, 0.4) is 0 Å². The summed E-state index contributed by atoms with van der Waals surface area (Å²) in [6, 6.07) is 9.59. The van der Waals surface area contributed by atoms with Crippen LogP contribution in [0.4, 0.5) is 11.4 Å². The van der Waals surface area contributed by atoms with Crippen molar-refractivity contribution in [1.82, 2.24) is 0 Å². The molecule has 2 aromatic rings. The Hall–Kier alpha value is -2.07. The molecular formula is C13H12N2OS. The van der Waals surface area contributed by atoms with Gasteiger partial charge in [-0.25, -0.2) is 0 Å². The lowest BCUT2D eigenvalue weighted by Gasteiger charge is -2.08. The van der Waals surface area contributed by atoms with Crippen LogP contribution in [-0.4, -0.2) is 5.91 Å². The summed E-state index contributed by atoms with van der Waals surface area (Å²) in [7, 11) is 0. The molecule has 0 aliphatic carbocycles. The molecule has 0 spiro atoms. The molecule has 1 heterocycles. The lowest BCUT2D eigenvalue weighted by molar-refractivity contribution is -0.111. The van der Waals surface area contributed by atoms with Crippen molar-refractivity contribution in [1.29, 1.82) is 0 Å². The van der Waals surface area contributed by atoms with Crippen LogP contribution in [-0.2, 0) is 4.79 Å². The summed E-state index contributed by atoms with van der Waals surface area (Å²) in [6.45, 7) is 3.41. The quantitative estimate of drug-likeness (QED) is 0.643. The average Bonchev–Trinajstić information content (AvgIpc) is 2.85. The van der Waals surface area contributed by atoms with E-state index in [0.717, 1.165) is 10.4 Å². The Morgan fingerprint density at radius 1 is 1.41 bits per heavy atom. The van der Waals surface area contributed by atoms with E-state index in [1.807, 2.05) is 29.6 Å². The van der Waals surface area contributed by atoms with E-state index in [0.29, 0.717) is 11.4 Å². The number of amides is 1. The Bertz CT molecular complexity index is 547. The summed E-state index contributed by atoms with van der Waals surface area (Å²) >= 11 is 1.64. The minimum atomic E-state index is -0.264. The topological polar surface area (TPSA) is 55.1 Å². The number of thiophene rings is 1. The summed E-state index contributed by atoms with van der Waals surface area (Å²) in [5.74, 6) is -0.264. The van der Waals surface area contributed by atoms with Gasteiger partial charge in [-0.15, -0.1) is 11.3 Å². The van der Waals surface area contributed by atoms with E-state index in [9.17, 15) is 4.79 Å². The lowest BCUT2D eigenvalue weighted by atomic mass is 10.1. The summed E-state index contributed by atoms with van der Waals surface area (Å²) in [6.07, 6.45) is 1.22. The fraction of sp³-hybridized carbons (Fsp3) is 0. The van der Waals surface area contributed by atoms with Gasteiger partial charge in [0.1, 0.15) is 0 Å². The van der Waals surface area contributed by atoms with Gasteiger partial charge in [0.15, 0.2) is 0 Å². The van der Waals surface area contributed by atoms with E-state index in [2.05, 4.69) is 11.9 Å². The van der Waals surface area contributed by atoms with E-state index in [1.165, 1.54) is 6.08 Å². The molecular weight excluding hydrogens is 232 g/mol. The van der Waals surface area contributed by atoms with Gasteiger partial charge in [0.05, 0.1) is 11.4 Å². The highest BCUT2D eigenvalue weighted by atomic mass is 32.1. The molecule has 1 amide bonds. The third-order valence-electron chi connectivity index (χ3n) is 2.30. The first-order chi connectivity index (χ1) is 8.20. The zero-order valence-electron chi connectivity index (χ0n) is 9.14. The Balaban J connectivity index is 2.36. The van der Waals surface area contributed by atoms with Gasteiger partial charge in [0.2, 0.25) is 5.91 Å². The van der Waals surface area contributed by atoms with Crippen LogP contribution in [0, 0.1) is 0 Å². The Labute approximate surface area is 104 Å². The Morgan fingerprint density at radius 3 is 2.88 bits per heavy atom. The normalized spacial score (nSPS) is 9.88. The standard InChI is InChI=1S/C13H12N2OS/c1-2-13(16)15-11-8-9(5-6-10(11)14)12-4-3-7-17-12/h2-8H,1,14H2,(H,15,16). The monoisotopic (exact) mass is 244 g/mol. The molecule has 1 aromatic carbocycles. The van der Waals surface area contributed by atoms with Crippen LogP contribution in [0.15, 0.2) is 48.4 Å². The second kappa shape index (κ2) is 4.84. The van der Waals surface area contributed by atoms with Gasteiger partial charge >= 0.3 is 0 Å². The largest absolute Gasteiger partial charge is 0.397 e. The van der Waals surface area contributed by atoms with E-state index >= 15 is 0 Å². The fourth-order valence-electron chi connectivity index (χ4n) is 1.44. The predicted molar refractivity (Wildman–Crippen MR) is 73.0 cm³/mol. The molecule has 0 unspecified atom stereocenters. The number of carbonyl (C=O) groups is 1. The smallest absolute Gasteiger partial charge is 0.247 e. The highest BCUT2D eigenvalue weighted by molar-refractivity contribution is 7.13. The van der Waals surface area contributed by atoms with Crippen LogP contribution in [0.1, 0.15) is 0 Å². The van der Waals surface area contributed by atoms with Crippen LogP contribution in [0.25, 0.3) is 10.4 Å². The molecule has 1 aromatic heterocycles. The van der Waals surface area contributed by atoms with Gasteiger partial charge in [-0.05, 0) is 35.2 Å². The van der Waals surface area contributed by atoms with Crippen LogP contribution < -0.4 is 11.1 Å². The SMILES string of the molecule is C=CC(=O)Nc1cc(-c2cccs2)ccc1N. The van der Waals surface area contributed by atoms with Crippen LogP contribution in [0.5, 0.6) is 0 Å². The maximum Gasteiger partial charge on any atom is 0.247 e. The molecule has 0 saturated heterocycles. The van der Waals surface area contributed by atoms with E-state index in [1.54, 1.807) is 17.4 Å². The molecule has 3 N–H and O–H groups in total. The molecule has 0 fully saturated rings. The molecule has 17 heavy (non-hydrogen) atoms. The van der Waals surface area contributed by atoms with Crippen LogP contribution in [0.2, 0.25) is 0 Å². The van der Waals surface area contributed by atoms with E-state index in [-0.39, 0.29) is 5.91 Å². The molecule has 0 radical (unpaired) electrons. The predicted octanol–water partition coefficient (Wildman–Crippen LogP) is 3.12. The van der Waals surface area contributed by atoms with Gasteiger partial charge in [0, 0.05) is 4.88 Å². The summed E-state index contributed by atoms with van der Waals surface area (Å²) in [5.41, 5.74) is 7.99. The molecule has 0 aliphatic heterocycles. The number of nitrogen functional groups attached to an aromatic ring is 1. The average molecular weight is 244 g/mol. The number of nitrogens with two attached hydrogens (primary N) is 1. The summed E-state index contributed by atoms with van der Waals surface area (Å²) in [4.78, 5) is 12.4. The zero-order valence-corrected chi connectivity index (χ0v) is 9.96. The van der Waals surface area contributed by atoms with Crippen molar-refractivity contribution in [3.8, 4) is 10.4 Å². The highest BCUT2D eigenvalue weighted by Crippen LogP contribution is 2.30. The summed E-state index contributed by atoms with van der Waals surface area (Å²) < 4.78 is 0. The Morgan fingerprint density at radius 2 is 2.24 bits per heavy atom. The van der Waals surface area contributed by atoms with Crippen molar-refractivity contribution in [2.75, 3.05) is 11.1 Å². The van der Waals surface area contributed by atoms with Gasteiger partial charge < -0.3 is 11.1 Å². The van der Waals surface area contributed by atoms with E-state index < -0.39 is 0 Å². The number of rotatable bonds is 3. The second-order valence-corrected chi connectivity index (χ2v) is 4.42. The number of benzene rings is 1. The first-order valence-corrected chi connectivity index (χ1v) is 5.95. The number of hydrogen-bond donors (Lipinski definition) is 2. The molecule has 86 valence electrons. The molecule has 2 rings (SSSR count). The first kappa shape index (κ1) is 11.4. The Kier molecular flexibility index (Phi) is 3.25. The number of hydrogen-bond acceptors (Lipinski definition) is 3. The van der Waals surface area contributed by atoms with Crippen molar-refractivity contribution >= 4 is 28.6 Å². The highest BCUT2D eigenvalue weighted by Gasteiger charge is 2.05. The molecule has 3 nitrogen and oxygen atoms in total. The van der Waals surface area contributed by atoms with Crippen molar-refractivity contribution < 1.29 is 4.79 Å². The fourth-order valence-corrected chi connectivity index (χ4v) is 2.17. The number of nitrogens with one attached hydrogen (secondary N) is 1.